The highest BCUT2D eigenvalue weighted by atomic mass is 127. The van der Waals surface area contributed by atoms with Crippen LogP contribution < -0.4 is 11.1 Å². The number of aliphatic imine (C=N–C) groups is 1. The Bertz CT molecular complexity index is 1230. The fourth-order valence-corrected chi connectivity index (χ4v) is 4.29. The lowest BCUT2D eigenvalue weighted by molar-refractivity contribution is -0.130. The molecule has 0 spiro atoms. The number of halogens is 1. The number of nitrogens with zero attached hydrogens (tertiary/aromatic N) is 2. The molecule has 0 saturated heterocycles. The molecule has 7 heteroatoms. The summed E-state index contributed by atoms with van der Waals surface area (Å²) in [6.45, 7) is 2.16. The molecule has 0 fully saturated rings. The molecule has 1 aliphatic heterocycles. The molecule has 6 nitrogen and oxygen atoms in total. The summed E-state index contributed by atoms with van der Waals surface area (Å²) in [5.74, 6) is -0.0765. The van der Waals surface area contributed by atoms with Crippen LogP contribution in [0.15, 0.2) is 77.8 Å². The first kappa shape index (κ1) is 22.0. The minimum absolute atomic E-state index is 0.124. The van der Waals surface area contributed by atoms with E-state index in [4.69, 9.17) is 5.73 Å². The summed E-state index contributed by atoms with van der Waals surface area (Å²) in [6.07, 6.45) is 0. The normalized spacial score (nSPS) is 17.9. The Balaban J connectivity index is 1.66. The summed E-state index contributed by atoms with van der Waals surface area (Å²) in [7, 11) is 1.63. The Morgan fingerprint density at radius 2 is 1.84 bits per heavy atom. The second-order valence-corrected chi connectivity index (χ2v) is 9.08. The zero-order valence-corrected chi connectivity index (χ0v) is 20.0. The van der Waals surface area contributed by atoms with Crippen molar-refractivity contribution in [2.75, 3.05) is 7.05 Å². The number of guanidine groups is 1. The molecule has 1 atom stereocenters. The summed E-state index contributed by atoms with van der Waals surface area (Å²) in [4.78, 5) is 31.1. The summed E-state index contributed by atoms with van der Waals surface area (Å²) < 4.78 is 1.08. The van der Waals surface area contributed by atoms with Gasteiger partial charge in [-0.2, -0.15) is 0 Å². The summed E-state index contributed by atoms with van der Waals surface area (Å²) in [5, 5.41) is 3.00. The van der Waals surface area contributed by atoms with E-state index in [1.807, 2.05) is 54.6 Å². The van der Waals surface area contributed by atoms with Gasteiger partial charge in [0.05, 0.1) is 0 Å². The fraction of sp³-hybridized carbons (Fsp3) is 0.160. The predicted octanol–water partition coefficient (Wildman–Crippen LogP) is 3.89. The van der Waals surface area contributed by atoms with Gasteiger partial charge in [0.25, 0.3) is 11.8 Å². The van der Waals surface area contributed by atoms with Crippen LogP contribution in [-0.4, -0.2) is 29.7 Å². The highest BCUT2D eigenvalue weighted by Gasteiger charge is 2.43. The van der Waals surface area contributed by atoms with E-state index in [0.717, 1.165) is 25.8 Å². The SMILES string of the molecule is CN1C(=O)C(C)(c2cccc(-c3cc(I)ccc3CNC(=O)c3ccccc3)c2)N=C1N. The predicted molar refractivity (Wildman–Crippen MR) is 134 cm³/mol. The van der Waals surface area contributed by atoms with E-state index in [0.29, 0.717) is 12.1 Å². The van der Waals surface area contributed by atoms with Crippen molar-refractivity contribution >= 4 is 40.4 Å². The molecule has 4 rings (SSSR count). The summed E-state index contributed by atoms with van der Waals surface area (Å²) in [5.41, 5.74) is 9.16. The van der Waals surface area contributed by atoms with Gasteiger partial charge in [0.2, 0.25) is 0 Å². The van der Waals surface area contributed by atoms with Crippen molar-refractivity contribution in [1.29, 1.82) is 0 Å². The van der Waals surface area contributed by atoms with Crippen molar-refractivity contribution in [2.24, 2.45) is 10.7 Å². The number of amides is 2. The first-order valence-corrected chi connectivity index (χ1v) is 11.2. The van der Waals surface area contributed by atoms with E-state index in [2.05, 4.69) is 39.0 Å². The Hall–Kier alpha value is -3.20. The number of rotatable bonds is 5. The molecular weight excluding hydrogens is 515 g/mol. The molecular formula is C25H23IN4O2. The number of benzene rings is 3. The van der Waals surface area contributed by atoms with Crippen molar-refractivity contribution < 1.29 is 9.59 Å². The van der Waals surface area contributed by atoms with Gasteiger partial charge in [-0.25, -0.2) is 4.99 Å². The minimum Gasteiger partial charge on any atom is -0.369 e. The third kappa shape index (κ3) is 4.12. The van der Waals surface area contributed by atoms with Crippen molar-refractivity contribution in [3.05, 3.63) is 93.1 Å². The van der Waals surface area contributed by atoms with Gasteiger partial charge >= 0.3 is 0 Å². The number of nitrogens with one attached hydrogen (secondary N) is 1. The lowest BCUT2D eigenvalue weighted by Gasteiger charge is -2.21. The van der Waals surface area contributed by atoms with Crippen molar-refractivity contribution in [3.8, 4) is 11.1 Å². The zero-order chi connectivity index (χ0) is 22.9. The standard InChI is InChI=1S/C25H23IN4O2/c1-25(23(32)30(2)24(27)29-25)19-10-6-9-17(13-19)21-14-20(26)12-11-18(21)15-28-22(31)16-7-4-3-5-8-16/h3-14H,15H2,1-2H3,(H2,27,29)(H,28,31). The van der Waals surface area contributed by atoms with Gasteiger partial charge in [-0.05, 0) is 82.1 Å². The van der Waals surface area contributed by atoms with E-state index in [-0.39, 0.29) is 17.8 Å². The lowest BCUT2D eigenvalue weighted by Crippen LogP contribution is -2.38. The zero-order valence-electron chi connectivity index (χ0n) is 17.8. The van der Waals surface area contributed by atoms with Gasteiger partial charge in [-0.1, -0.05) is 42.5 Å². The van der Waals surface area contributed by atoms with Crippen LogP contribution in [0.5, 0.6) is 0 Å². The van der Waals surface area contributed by atoms with Gasteiger partial charge in [-0.3, -0.25) is 14.5 Å². The average Bonchev–Trinajstić information content (AvgIpc) is 3.02. The Kier molecular flexibility index (Phi) is 6.01. The maximum atomic E-state index is 12.8. The molecule has 0 aliphatic carbocycles. The van der Waals surface area contributed by atoms with E-state index in [1.165, 1.54) is 4.90 Å². The molecule has 0 radical (unpaired) electrons. The Labute approximate surface area is 200 Å². The molecule has 3 aromatic rings. The molecule has 1 heterocycles. The molecule has 1 unspecified atom stereocenters. The second kappa shape index (κ2) is 8.74. The highest BCUT2D eigenvalue weighted by molar-refractivity contribution is 14.1. The van der Waals surface area contributed by atoms with E-state index >= 15 is 0 Å². The number of hydrogen-bond acceptors (Lipinski definition) is 4. The van der Waals surface area contributed by atoms with Crippen molar-refractivity contribution in [3.63, 3.8) is 0 Å². The number of carbonyl (C=O) groups is 2. The van der Waals surface area contributed by atoms with Crippen LogP contribution in [-0.2, 0) is 16.9 Å². The maximum Gasteiger partial charge on any atom is 0.261 e. The third-order valence-corrected chi connectivity index (χ3v) is 6.36. The molecule has 3 N–H and O–H groups in total. The molecule has 0 aromatic heterocycles. The van der Waals surface area contributed by atoms with Crippen molar-refractivity contribution in [1.82, 2.24) is 10.2 Å². The molecule has 2 amide bonds. The van der Waals surface area contributed by atoms with E-state index < -0.39 is 5.54 Å². The minimum atomic E-state index is -1.06. The summed E-state index contributed by atoms with van der Waals surface area (Å²) in [6, 6.07) is 23.0. The van der Waals surface area contributed by atoms with Crippen LogP contribution in [0.2, 0.25) is 0 Å². The van der Waals surface area contributed by atoms with Crippen LogP contribution in [0.1, 0.15) is 28.4 Å². The first-order chi connectivity index (χ1) is 15.3. The monoisotopic (exact) mass is 538 g/mol. The highest BCUT2D eigenvalue weighted by Crippen LogP contribution is 2.35. The number of nitrogens with two attached hydrogens (primary N) is 1. The van der Waals surface area contributed by atoms with Crippen LogP contribution in [0.4, 0.5) is 0 Å². The van der Waals surface area contributed by atoms with Crippen LogP contribution in [0.3, 0.4) is 0 Å². The molecule has 32 heavy (non-hydrogen) atoms. The van der Waals surface area contributed by atoms with E-state index in [1.54, 1.807) is 26.1 Å². The Morgan fingerprint density at radius 3 is 2.53 bits per heavy atom. The number of hydrogen-bond donors (Lipinski definition) is 2. The van der Waals surface area contributed by atoms with Crippen LogP contribution >= 0.6 is 22.6 Å². The number of likely N-dealkylation sites (N-methyl/N-ethyl adjacent to an activating group) is 1. The topological polar surface area (TPSA) is 87.8 Å². The van der Waals surface area contributed by atoms with Crippen LogP contribution in [0.25, 0.3) is 11.1 Å². The Morgan fingerprint density at radius 1 is 1.09 bits per heavy atom. The quantitative estimate of drug-likeness (QED) is 0.484. The van der Waals surface area contributed by atoms with Crippen LogP contribution in [0, 0.1) is 3.57 Å². The van der Waals surface area contributed by atoms with Gasteiger partial charge in [0.15, 0.2) is 11.5 Å². The molecule has 162 valence electrons. The largest absolute Gasteiger partial charge is 0.369 e. The van der Waals surface area contributed by atoms with Crippen molar-refractivity contribution in [2.45, 2.75) is 19.0 Å². The molecule has 0 saturated carbocycles. The van der Waals surface area contributed by atoms with Gasteiger partial charge < -0.3 is 11.1 Å². The maximum absolute atomic E-state index is 12.8. The molecule has 0 bridgehead atoms. The smallest absolute Gasteiger partial charge is 0.261 e. The summed E-state index contributed by atoms with van der Waals surface area (Å²) >= 11 is 2.27. The van der Waals surface area contributed by atoms with Gasteiger partial charge in [0, 0.05) is 22.7 Å². The first-order valence-electron chi connectivity index (χ1n) is 10.2. The lowest BCUT2D eigenvalue weighted by atomic mass is 9.89. The fourth-order valence-electron chi connectivity index (χ4n) is 3.80. The second-order valence-electron chi connectivity index (χ2n) is 7.84. The average molecular weight is 538 g/mol. The molecule has 1 aliphatic rings. The number of carbonyl (C=O) groups excluding carboxylic acids is 2. The van der Waals surface area contributed by atoms with Gasteiger partial charge in [0.1, 0.15) is 0 Å². The molecule has 3 aromatic carbocycles. The van der Waals surface area contributed by atoms with Gasteiger partial charge in [-0.15, -0.1) is 0 Å². The van der Waals surface area contributed by atoms with E-state index in [9.17, 15) is 9.59 Å². The third-order valence-electron chi connectivity index (χ3n) is 5.69.